The summed E-state index contributed by atoms with van der Waals surface area (Å²) in [6, 6.07) is 6.42. The molecule has 0 aliphatic heterocycles. The molecule has 0 bridgehead atoms. The summed E-state index contributed by atoms with van der Waals surface area (Å²) in [6.45, 7) is 11.4. The Labute approximate surface area is 122 Å². The average Bonchev–Trinajstić information content (AvgIpc) is 2.30. The lowest BCUT2D eigenvalue weighted by Crippen LogP contribution is -2.21. The zero-order valence-electron chi connectivity index (χ0n) is 12.6. The number of benzene rings is 1. The van der Waals surface area contributed by atoms with Gasteiger partial charge in [-0.05, 0) is 36.0 Å². The molecule has 0 spiro atoms. The van der Waals surface area contributed by atoms with Gasteiger partial charge < -0.3 is 10.5 Å². The first-order valence-corrected chi connectivity index (χ1v) is 7.22. The van der Waals surface area contributed by atoms with Gasteiger partial charge in [0.15, 0.2) is 0 Å². The zero-order valence-corrected chi connectivity index (χ0v) is 13.4. The maximum atomic E-state index is 5.72. The maximum Gasteiger partial charge on any atom is 0.122 e. The number of nitrogens with two attached hydrogens (primary N) is 1. The molecule has 19 heavy (non-hydrogen) atoms. The van der Waals surface area contributed by atoms with E-state index in [-0.39, 0.29) is 11.3 Å². The van der Waals surface area contributed by atoms with Gasteiger partial charge in [-0.25, -0.2) is 0 Å². The molecule has 0 amide bonds. The van der Waals surface area contributed by atoms with E-state index >= 15 is 0 Å². The van der Waals surface area contributed by atoms with Crippen molar-refractivity contribution in [3.8, 4) is 5.75 Å². The predicted octanol–water partition coefficient (Wildman–Crippen LogP) is 3.85. The van der Waals surface area contributed by atoms with E-state index in [1.807, 2.05) is 6.92 Å². The van der Waals surface area contributed by atoms with Crippen LogP contribution in [-0.2, 0) is 11.8 Å². The van der Waals surface area contributed by atoms with Crippen LogP contribution in [0.3, 0.4) is 0 Å². The highest BCUT2D eigenvalue weighted by Gasteiger charge is 2.17. The Morgan fingerprint density at radius 3 is 2.47 bits per heavy atom. The Morgan fingerprint density at radius 2 is 2.00 bits per heavy atom. The van der Waals surface area contributed by atoms with Gasteiger partial charge in [-0.3, -0.25) is 0 Å². The molecule has 1 unspecified atom stereocenters. The van der Waals surface area contributed by atoms with Crippen LogP contribution in [0.4, 0.5) is 0 Å². The maximum absolute atomic E-state index is 5.72. The van der Waals surface area contributed by atoms with Crippen LogP contribution in [0.2, 0.25) is 0 Å². The molecule has 0 aliphatic rings. The summed E-state index contributed by atoms with van der Waals surface area (Å²) >= 11 is 5.07. The molecule has 3 heteroatoms. The Kier molecular flexibility index (Phi) is 5.36. The third-order valence-corrected chi connectivity index (χ3v) is 3.64. The quantitative estimate of drug-likeness (QED) is 0.832. The lowest BCUT2D eigenvalue weighted by Gasteiger charge is -2.22. The molecule has 0 aliphatic carbocycles. The highest BCUT2D eigenvalue weighted by atomic mass is 32.1. The predicted molar refractivity (Wildman–Crippen MR) is 86.0 cm³/mol. The van der Waals surface area contributed by atoms with Crippen molar-refractivity contribution < 1.29 is 4.74 Å². The van der Waals surface area contributed by atoms with Gasteiger partial charge in [0.1, 0.15) is 5.75 Å². The van der Waals surface area contributed by atoms with Gasteiger partial charge >= 0.3 is 0 Å². The zero-order chi connectivity index (χ0) is 14.6. The van der Waals surface area contributed by atoms with Crippen LogP contribution in [0.15, 0.2) is 18.2 Å². The molecule has 1 aromatic carbocycles. The van der Waals surface area contributed by atoms with E-state index in [9.17, 15) is 0 Å². The topological polar surface area (TPSA) is 35.2 Å². The summed E-state index contributed by atoms with van der Waals surface area (Å²) in [5, 5.41) is 0. The third kappa shape index (κ3) is 4.50. The first-order valence-electron chi connectivity index (χ1n) is 6.81. The molecule has 1 aromatic rings. The van der Waals surface area contributed by atoms with Crippen LogP contribution in [-0.4, -0.2) is 11.6 Å². The summed E-state index contributed by atoms with van der Waals surface area (Å²) in [6.07, 6.45) is 0.828. The second-order valence-electron chi connectivity index (χ2n) is 6.01. The minimum Gasteiger partial charge on any atom is -0.494 e. The summed E-state index contributed by atoms with van der Waals surface area (Å²) in [5.74, 6) is 1.13. The van der Waals surface area contributed by atoms with Crippen molar-refractivity contribution in [3.05, 3.63) is 29.3 Å². The van der Waals surface area contributed by atoms with E-state index < -0.39 is 0 Å². The minimum atomic E-state index is 0.131. The standard InChI is InChI=1S/C16H25NOS/c1-6-18-14-8-7-13(16(3,4)5)10-12(14)9-11(2)15(17)19/h7-8,10-11H,6,9H2,1-5H3,(H2,17,19). The summed E-state index contributed by atoms with van der Waals surface area (Å²) in [5.41, 5.74) is 8.35. The molecule has 2 nitrogen and oxygen atoms in total. The van der Waals surface area contributed by atoms with Crippen molar-refractivity contribution in [1.29, 1.82) is 0 Å². The van der Waals surface area contributed by atoms with E-state index in [0.717, 1.165) is 12.2 Å². The van der Waals surface area contributed by atoms with E-state index in [0.29, 0.717) is 11.6 Å². The first kappa shape index (κ1) is 16.0. The van der Waals surface area contributed by atoms with Crippen molar-refractivity contribution in [3.63, 3.8) is 0 Å². The molecular formula is C16H25NOS. The second-order valence-corrected chi connectivity index (χ2v) is 6.48. The van der Waals surface area contributed by atoms with Gasteiger partial charge in [0.25, 0.3) is 0 Å². The molecule has 1 atom stereocenters. The normalized spacial score (nSPS) is 13.1. The van der Waals surface area contributed by atoms with Gasteiger partial charge in [0.2, 0.25) is 0 Å². The molecule has 0 saturated carbocycles. The minimum absolute atomic E-state index is 0.131. The largest absolute Gasteiger partial charge is 0.494 e. The summed E-state index contributed by atoms with van der Waals surface area (Å²) < 4.78 is 5.70. The van der Waals surface area contributed by atoms with Crippen LogP contribution >= 0.6 is 12.2 Å². The number of thiocarbonyl (C=S) groups is 1. The Hall–Kier alpha value is -1.09. The fourth-order valence-electron chi connectivity index (χ4n) is 1.93. The highest BCUT2D eigenvalue weighted by Crippen LogP contribution is 2.29. The van der Waals surface area contributed by atoms with E-state index in [1.54, 1.807) is 0 Å². The molecule has 2 N–H and O–H groups in total. The van der Waals surface area contributed by atoms with Gasteiger partial charge in [-0.15, -0.1) is 0 Å². The van der Waals surface area contributed by atoms with Crippen molar-refractivity contribution in [2.75, 3.05) is 6.61 Å². The number of hydrogen-bond donors (Lipinski definition) is 1. The molecule has 0 radical (unpaired) electrons. The van der Waals surface area contributed by atoms with Crippen LogP contribution in [0.1, 0.15) is 45.7 Å². The molecule has 0 saturated heterocycles. The summed E-state index contributed by atoms with van der Waals surface area (Å²) in [4.78, 5) is 0.559. The number of hydrogen-bond acceptors (Lipinski definition) is 2. The molecule has 0 aromatic heterocycles. The third-order valence-electron chi connectivity index (χ3n) is 3.24. The summed E-state index contributed by atoms with van der Waals surface area (Å²) in [7, 11) is 0. The lowest BCUT2D eigenvalue weighted by molar-refractivity contribution is 0.335. The highest BCUT2D eigenvalue weighted by molar-refractivity contribution is 7.80. The van der Waals surface area contributed by atoms with E-state index in [4.69, 9.17) is 22.7 Å². The Balaban J connectivity index is 3.12. The van der Waals surface area contributed by atoms with Crippen molar-refractivity contribution in [2.45, 2.75) is 46.5 Å². The van der Waals surface area contributed by atoms with Gasteiger partial charge in [0.05, 0.1) is 11.6 Å². The second kappa shape index (κ2) is 6.38. The number of ether oxygens (including phenoxy) is 1. The van der Waals surface area contributed by atoms with Crippen LogP contribution in [0, 0.1) is 5.92 Å². The van der Waals surface area contributed by atoms with Crippen molar-refractivity contribution in [2.24, 2.45) is 11.7 Å². The molecule has 0 heterocycles. The monoisotopic (exact) mass is 279 g/mol. The van der Waals surface area contributed by atoms with Gasteiger partial charge in [0, 0.05) is 5.92 Å². The van der Waals surface area contributed by atoms with E-state index in [2.05, 4.69) is 45.9 Å². The van der Waals surface area contributed by atoms with Crippen molar-refractivity contribution in [1.82, 2.24) is 0 Å². The molecule has 1 rings (SSSR count). The fraction of sp³-hybridized carbons (Fsp3) is 0.562. The van der Waals surface area contributed by atoms with Crippen molar-refractivity contribution >= 4 is 17.2 Å². The Bertz CT molecular complexity index is 449. The number of rotatable bonds is 5. The molecule has 106 valence electrons. The van der Waals surface area contributed by atoms with Crippen LogP contribution in [0.25, 0.3) is 0 Å². The average molecular weight is 279 g/mol. The lowest BCUT2D eigenvalue weighted by atomic mass is 9.85. The molecular weight excluding hydrogens is 254 g/mol. The Morgan fingerprint density at radius 1 is 1.37 bits per heavy atom. The smallest absolute Gasteiger partial charge is 0.122 e. The van der Waals surface area contributed by atoms with E-state index in [1.165, 1.54) is 11.1 Å². The van der Waals surface area contributed by atoms with Crippen LogP contribution in [0.5, 0.6) is 5.75 Å². The molecule has 0 fully saturated rings. The van der Waals surface area contributed by atoms with Crippen LogP contribution < -0.4 is 10.5 Å². The fourth-order valence-corrected chi connectivity index (χ4v) is 2.02. The first-order chi connectivity index (χ1) is 8.75. The SMILES string of the molecule is CCOc1ccc(C(C)(C)C)cc1CC(C)C(N)=S. The van der Waals surface area contributed by atoms with Gasteiger partial charge in [-0.1, -0.05) is 52.0 Å². The van der Waals surface area contributed by atoms with Gasteiger partial charge in [-0.2, -0.15) is 0 Å².